The fourth-order valence-corrected chi connectivity index (χ4v) is 2.39. The number of rotatable bonds is 0. The summed E-state index contributed by atoms with van der Waals surface area (Å²) in [7, 11) is 0. The highest BCUT2D eigenvalue weighted by atomic mass is 16.3. The lowest BCUT2D eigenvalue weighted by Crippen LogP contribution is -2.56. The van der Waals surface area contributed by atoms with Crippen LogP contribution in [0.3, 0.4) is 0 Å². The van der Waals surface area contributed by atoms with Crippen molar-refractivity contribution in [3.8, 4) is 0 Å². The second-order valence-electron chi connectivity index (χ2n) is 3.88. The molecule has 2 unspecified atom stereocenters. The van der Waals surface area contributed by atoms with E-state index < -0.39 is 0 Å². The molecule has 0 amide bonds. The van der Waals surface area contributed by atoms with Crippen LogP contribution in [-0.2, 0) is 0 Å². The Morgan fingerprint density at radius 1 is 1.18 bits per heavy atom. The second kappa shape index (κ2) is 2.73. The van der Waals surface area contributed by atoms with Gasteiger partial charge in [0, 0.05) is 6.04 Å². The van der Waals surface area contributed by atoms with Crippen molar-refractivity contribution in [2.75, 3.05) is 13.1 Å². The standard InChI is InChI=1S/C8H16N2O/c9-8-5-1-7(11)2-6(8)4-10-3-5/h5-8,10-11H,1-4,9H2. The molecule has 11 heavy (non-hydrogen) atoms. The van der Waals surface area contributed by atoms with Gasteiger partial charge in [-0.1, -0.05) is 0 Å². The molecule has 0 aromatic heterocycles. The number of fused-ring (bicyclic) bond motifs is 2. The van der Waals surface area contributed by atoms with Crippen LogP contribution in [0.5, 0.6) is 0 Å². The summed E-state index contributed by atoms with van der Waals surface area (Å²) in [5.41, 5.74) is 6.00. The van der Waals surface area contributed by atoms with Crippen molar-refractivity contribution in [2.45, 2.75) is 25.0 Å². The monoisotopic (exact) mass is 156 g/mol. The van der Waals surface area contributed by atoms with Crippen molar-refractivity contribution < 1.29 is 5.11 Å². The molecule has 0 spiro atoms. The third-order valence-corrected chi connectivity index (χ3v) is 3.05. The van der Waals surface area contributed by atoms with Crippen molar-refractivity contribution in [1.82, 2.24) is 5.32 Å². The van der Waals surface area contributed by atoms with Gasteiger partial charge in [0.2, 0.25) is 0 Å². The van der Waals surface area contributed by atoms with Crippen LogP contribution in [0.25, 0.3) is 0 Å². The van der Waals surface area contributed by atoms with Gasteiger partial charge in [0.25, 0.3) is 0 Å². The Bertz CT molecular complexity index is 137. The van der Waals surface area contributed by atoms with E-state index in [-0.39, 0.29) is 6.10 Å². The zero-order valence-corrected chi connectivity index (χ0v) is 6.66. The fourth-order valence-electron chi connectivity index (χ4n) is 2.39. The first-order chi connectivity index (χ1) is 5.27. The Labute approximate surface area is 67.0 Å². The Morgan fingerprint density at radius 3 is 2.27 bits per heavy atom. The zero-order valence-electron chi connectivity index (χ0n) is 6.66. The van der Waals surface area contributed by atoms with Gasteiger partial charge in [-0.05, 0) is 37.8 Å². The molecule has 1 saturated carbocycles. The lowest BCUT2D eigenvalue weighted by Gasteiger charge is -2.42. The van der Waals surface area contributed by atoms with Crippen LogP contribution < -0.4 is 11.1 Å². The summed E-state index contributed by atoms with van der Waals surface area (Å²) in [5.74, 6) is 1.02. The van der Waals surface area contributed by atoms with Crippen molar-refractivity contribution in [1.29, 1.82) is 0 Å². The number of nitrogens with one attached hydrogen (secondary N) is 1. The molecule has 2 rings (SSSR count). The molecule has 0 radical (unpaired) electrons. The minimum atomic E-state index is -0.0908. The normalized spacial score (nSPS) is 50.7. The summed E-state index contributed by atoms with van der Waals surface area (Å²) >= 11 is 0. The summed E-state index contributed by atoms with van der Waals surface area (Å²) in [6.07, 6.45) is 1.70. The van der Waals surface area contributed by atoms with Gasteiger partial charge in [-0.2, -0.15) is 0 Å². The molecule has 2 aliphatic rings. The maximum atomic E-state index is 9.45. The summed E-state index contributed by atoms with van der Waals surface area (Å²) in [4.78, 5) is 0. The van der Waals surface area contributed by atoms with Crippen molar-refractivity contribution >= 4 is 0 Å². The molecule has 1 aliphatic heterocycles. The van der Waals surface area contributed by atoms with Crippen molar-refractivity contribution in [3.63, 3.8) is 0 Å². The molecule has 64 valence electrons. The van der Waals surface area contributed by atoms with Crippen LogP contribution in [0, 0.1) is 11.8 Å². The first-order valence-electron chi connectivity index (χ1n) is 4.41. The molecule has 2 fully saturated rings. The Hall–Kier alpha value is -0.120. The van der Waals surface area contributed by atoms with E-state index in [1.807, 2.05) is 0 Å². The number of nitrogens with two attached hydrogens (primary N) is 1. The van der Waals surface area contributed by atoms with Gasteiger partial charge in [-0.15, -0.1) is 0 Å². The van der Waals surface area contributed by atoms with Crippen LogP contribution in [0.4, 0.5) is 0 Å². The molecule has 1 heterocycles. The number of aliphatic hydroxyl groups excluding tert-OH is 1. The van der Waals surface area contributed by atoms with Gasteiger partial charge < -0.3 is 16.2 Å². The van der Waals surface area contributed by atoms with Gasteiger partial charge >= 0.3 is 0 Å². The molecular weight excluding hydrogens is 140 g/mol. The van der Waals surface area contributed by atoms with Gasteiger partial charge in [-0.25, -0.2) is 0 Å². The highest BCUT2D eigenvalue weighted by Crippen LogP contribution is 2.30. The van der Waals surface area contributed by atoms with E-state index in [2.05, 4.69) is 5.32 Å². The van der Waals surface area contributed by atoms with E-state index in [0.717, 1.165) is 25.9 Å². The summed E-state index contributed by atoms with van der Waals surface area (Å²) in [6.45, 7) is 1.99. The molecular formula is C8H16N2O. The van der Waals surface area contributed by atoms with Crippen LogP contribution in [0.15, 0.2) is 0 Å². The number of piperidine rings is 1. The maximum Gasteiger partial charge on any atom is 0.0547 e. The van der Waals surface area contributed by atoms with E-state index in [1.54, 1.807) is 0 Å². The molecule has 2 atom stereocenters. The van der Waals surface area contributed by atoms with Crippen molar-refractivity contribution in [3.05, 3.63) is 0 Å². The zero-order chi connectivity index (χ0) is 7.84. The summed E-state index contributed by atoms with van der Waals surface area (Å²) in [6, 6.07) is 0.333. The second-order valence-corrected chi connectivity index (χ2v) is 3.88. The molecule has 3 heteroatoms. The van der Waals surface area contributed by atoms with Gasteiger partial charge in [0.15, 0.2) is 0 Å². The maximum absolute atomic E-state index is 9.45. The SMILES string of the molecule is NC1C2CNCC1CC(O)C2. The predicted octanol–water partition coefficient (Wildman–Crippen LogP) is -0.696. The van der Waals surface area contributed by atoms with Gasteiger partial charge in [0.1, 0.15) is 0 Å². The van der Waals surface area contributed by atoms with E-state index in [1.165, 1.54) is 0 Å². The van der Waals surface area contributed by atoms with E-state index >= 15 is 0 Å². The average Bonchev–Trinajstić information content (AvgIpc) is 1.92. The first-order valence-corrected chi connectivity index (χ1v) is 4.41. The lowest BCUT2D eigenvalue weighted by molar-refractivity contribution is 0.0382. The Kier molecular flexibility index (Phi) is 1.87. The lowest BCUT2D eigenvalue weighted by atomic mass is 9.73. The molecule has 4 N–H and O–H groups in total. The Balaban J connectivity index is 2.07. The minimum absolute atomic E-state index is 0.0908. The number of hydrogen-bond donors (Lipinski definition) is 3. The fraction of sp³-hybridized carbons (Fsp3) is 1.00. The third-order valence-electron chi connectivity index (χ3n) is 3.05. The molecule has 1 saturated heterocycles. The van der Waals surface area contributed by atoms with Crippen LogP contribution in [0.1, 0.15) is 12.8 Å². The van der Waals surface area contributed by atoms with Crippen LogP contribution >= 0.6 is 0 Å². The highest BCUT2D eigenvalue weighted by molar-refractivity contribution is 4.94. The van der Waals surface area contributed by atoms with Crippen LogP contribution in [0.2, 0.25) is 0 Å². The average molecular weight is 156 g/mol. The van der Waals surface area contributed by atoms with Crippen molar-refractivity contribution in [2.24, 2.45) is 17.6 Å². The molecule has 0 aromatic carbocycles. The Morgan fingerprint density at radius 2 is 1.73 bits per heavy atom. The number of hydrogen-bond acceptors (Lipinski definition) is 3. The summed E-state index contributed by atoms with van der Waals surface area (Å²) in [5, 5.41) is 12.8. The third kappa shape index (κ3) is 1.28. The summed E-state index contributed by atoms with van der Waals surface area (Å²) < 4.78 is 0. The first kappa shape index (κ1) is 7.53. The minimum Gasteiger partial charge on any atom is -0.393 e. The predicted molar refractivity (Wildman–Crippen MR) is 43.1 cm³/mol. The van der Waals surface area contributed by atoms with E-state index in [0.29, 0.717) is 17.9 Å². The molecule has 1 aliphatic carbocycles. The quantitative estimate of drug-likeness (QED) is 0.435. The smallest absolute Gasteiger partial charge is 0.0547 e. The van der Waals surface area contributed by atoms with Gasteiger partial charge in [-0.3, -0.25) is 0 Å². The van der Waals surface area contributed by atoms with Crippen LogP contribution in [-0.4, -0.2) is 30.3 Å². The molecule has 3 nitrogen and oxygen atoms in total. The van der Waals surface area contributed by atoms with Gasteiger partial charge in [0.05, 0.1) is 6.10 Å². The highest BCUT2D eigenvalue weighted by Gasteiger charge is 2.37. The molecule has 2 bridgehead atoms. The van der Waals surface area contributed by atoms with E-state index in [9.17, 15) is 5.11 Å². The molecule has 0 aromatic rings. The number of aliphatic hydroxyl groups is 1. The van der Waals surface area contributed by atoms with E-state index in [4.69, 9.17) is 5.73 Å². The topological polar surface area (TPSA) is 58.3 Å². The largest absolute Gasteiger partial charge is 0.393 e.